The average molecular weight is 469 g/mol. The summed E-state index contributed by atoms with van der Waals surface area (Å²) >= 11 is 0. The Labute approximate surface area is 207 Å². The first kappa shape index (κ1) is 28.1. The van der Waals surface area contributed by atoms with E-state index in [9.17, 15) is 9.59 Å². The van der Waals surface area contributed by atoms with Crippen molar-refractivity contribution in [2.75, 3.05) is 6.61 Å². The number of carbonyl (C=O) groups is 2. The molecule has 1 saturated carbocycles. The molecule has 1 aromatic rings. The normalized spacial score (nSPS) is 19.2. The Bertz CT molecular complexity index is 802. The fraction of sp³-hybridized carbons (Fsp3) is 0.667. The van der Waals surface area contributed by atoms with Crippen LogP contribution in [0.25, 0.3) is 0 Å². The molecule has 0 aliphatic heterocycles. The Morgan fingerprint density at radius 2 is 1.74 bits per heavy atom. The minimum absolute atomic E-state index is 0.0740. The summed E-state index contributed by atoms with van der Waals surface area (Å²) in [6.45, 7) is 11.2. The molecule has 0 spiro atoms. The maximum absolute atomic E-state index is 13.0. The van der Waals surface area contributed by atoms with Gasteiger partial charge in [0.2, 0.25) is 5.78 Å². The molecule has 0 bridgehead atoms. The van der Waals surface area contributed by atoms with E-state index >= 15 is 0 Å². The average Bonchev–Trinajstić information content (AvgIpc) is 2.76. The summed E-state index contributed by atoms with van der Waals surface area (Å²) in [7, 11) is 0. The SMILES string of the molecule is CC(C)C[C@H]1CC[C@H](C#CC(=O)C(CCCOCc2ccccc2)CC(=O)OC(C)(C)C)CC1. The minimum Gasteiger partial charge on any atom is -0.460 e. The van der Waals surface area contributed by atoms with Gasteiger partial charge in [0.05, 0.1) is 13.0 Å². The molecule has 4 heteroatoms. The summed E-state index contributed by atoms with van der Waals surface area (Å²) in [6.07, 6.45) is 7.17. The number of hydrogen-bond acceptors (Lipinski definition) is 4. The van der Waals surface area contributed by atoms with Gasteiger partial charge in [0, 0.05) is 18.4 Å². The molecule has 1 aliphatic carbocycles. The van der Waals surface area contributed by atoms with Crippen molar-refractivity contribution in [2.45, 2.75) is 98.2 Å². The van der Waals surface area contributed by atoms with Gasteiger partial charge in [0.25, 0.3) is 0 Å². The van der Waals surface area contributed by atoms with Crippen molar-refractivity contribution in [2.24, 2.45) is 23.7 Å². The lowest BCUT2D eigenvalue weighted by Gasteiger charge is -2.26. The van der Waals surface area contributed by atoms with Crippen LogP contribution in [0.5, 0.6) is 0 Å². The largest absolute Gasteiger partial charge is 0.460 e. The molecule has 1 aromatic carbocycles. The minimum atomic E-state index is -0.566. The number of benzene rings is 1. The summed E-state index contributed by atoms with van der Waals surface area (Å²) in [5.41, 5.74) is 0.557. The first-order valence-corrected chi connectivity index (χ1v) is 13.0. The Morgan fingerprint density at radius 1 is 1.06 bits per heavy atom. The fourth-order valence-corrected chi connectivity index (χ4v) is 4.59. The van der Waals surface area contributed by atoms with Gasteiger partial charge in [0.15, 0.2) is 0 Å². The van der Waals surface area contributed by atoms with Gasteiger partial charge >= 0.3 is 5.97 Å². The van der Waals surface area contributed by atoms with Crippen molar-refractivity contribution in [3.05, 3.63) is 35.9 Å². The summed E-state index contributed by atoms with van der Waals surface area (Å²) in [4.78, 5) is 25.4. The molecule has 0 heterocycles. The van der Waals surface area contributed by atoms with Crippen molar-refractivity contribution >= 4 is 11.8 Å². The highest BCUT2D eigenvalue weighted by Crippen LogP contribution is 2.32. The second-order valence-electron chi connectivity index (χ2n) is 11.1. The molecule has 1 fully saturated rings. The van der Waals surface area contributed by atoms with E-state index in [4.69, 9.17) is 9.47 Å². The third-order valence-electron chi connectivity index (χ3n) is 6.21. The van der Waals surface area contributed by atoms with Crippen LogP contribution in [0.2, 0.25) is 0 Å². The molecule has 0 aromatic heterocycles. The number of ether oxygens (including phenoxy) is 2. The highest BCUT2D eigenvalue weighted by atomic mass is 16.6. The van der Waals surface area contributed by atoms with Crippen LogP contribution in [0.3, 0.4) is 0 Å². The third-order valence-corrected chi connectivity index (χ3v) is 6.21. The quantitative estimate of drug-likeness (QED) is 0.156. The van der Waals surface area contributed by atoms with Crippen molar-refractivity contribution in [3.63, 3.8) is 0 Å². The number of rotatable bonds is 11. The lowest BCUT2D eigenvalue weighted by Crippen LogP contribution is -2.27. The molecular weight excluding hydrogens is 424 g/mol. The first-order valence-electron chi connectivity index (χ1n) is 13.0. The van der Waals surface area contributed by atoms with E-state index in [0.717, 1.165) is 30.2 Å². The van der Waals surface area contributed by atoms with Crippen LogP contribution in [-0.4, -0.2) is 24.0 Å². The van der Waals surface area contributed by atoms with Crippen molar-refractivity contribution < 1.29 is 19.1 Å². The monoisotopic (exact) mass is 468 g/mol. The van der Waals surface area contributed by atoms with Crippen LogP contribution in [0.1, 0.15) is 91.5 Å². The molecular formula is C30H44O4. The van der Waals surface area contributed by atoms with Crippen LogP contribution < -0.4 is 0 Å². The summed E-state index contributed by atoms with van der Waals surface area (Å²) < 4.78 is 11.2. The molecule has 0 saturated heterocycles. The van der Waals surface area contributed by atoms with Crippen molar-refractivity contribution in [3.8, 4) is 11.8 Å². The van der Waals surface area contributed by atoms with Gasteiger partial charge in [-0.3, -0.25) is 9.59 Å². The van der Waals surface area contributed by atoms with E-state index in [1.165, 1.54) is 19.3 Å². The molecule has 2 rings (SSSR count). The smallest absolute Gasteiger partial charge is 0.307 e. The van der Waals surface area contributed by atoms with Gasteiger partial charge in [-0.25, -0.2) is 0 Å². The summed E-state index contributed by atoms with van der Waals surface area (Å²) in [5, 5.41) is 0. The molecule has 0 radical (unpaired) electrons. The van der Waals surface area contributed by atoms with Crippen molar-refractivity contribution in [1.82, 2.24) is 0 Å². The maximum atomic E-state index is 13.0. The van der Waals surface area contributed by atoms with Gasteiger partial charge in [-0.15, -0.1) is 0 Å². The predicted molar refractivity (Wildman–Crippen MR) is 137 cm³/mol. The van der Waals surface area contributed by atoms with E-state index in [1.54, 1.807) is 0 Å². The van der Waals surface area contributed by atoms with E-state index in [-0.39, 0.29) is 18.2 Å². The third kappa shape index (κ3) is 11.8. The standard InChI is InChI=1S/C30H44O4/c1-23(2)20-25-15-13-24(14-16-25)17-18-28(31)27(21-29(32)34-30(3,4)5)12-9-19-33-22-26-10-7-6-8-11-26/h6-8,10-11,23-25,27H,9,12-16,19-22H2,1-5H3/t24-,25-,27?. The Balaban J connectivity index is 1.87. The van der Waals surface area contributed by atoms with E-state index in [1.807, 2.05) is 51.1 Å². The molecule has 4 nitrogen and oxygen atoms in total. The molecule has 1 atom stereocenters. The lowest BCUT2D eigenvalue weighted by atomic mass is 9.78. The zero-order valence-corrected chi connectivity index (χ0v) is 21.9. The van der Waals surface area contributed by atoms with Crippen LogP contribution in [-0.2, 0) is 25.7 Å². The van der Waals surface area contributed by atoms with Crippen LogP contribution >= 0.6 is 0 Å². The second kappa shape index (κ2) is 14.3. The molecule has 34 heavy (non-hydrogen) atoms. The molecule has 0 amide bonds. The number of ketones is 1. The molecule has 1 aliphatic rings. The maximum Gasteiger partial charge on any atom is 0.307 e. The first-order chi connectivity index (χ1) is 16.1. The molecule has 1 unspecified atom stereocenters. The zero-order valence-electron chi connectivity index (χ0n) is 21.9. The fourth-order valence-electron chi connectivity index (χ4n) is 4.59. The Hall–Kier alpha value is -2.12. The number of carbonyl (C=O) groups excluding carboxylic acids is 2. The van der Waals surface area contributed by atoms with E-state index < -0.39 is 11.5 Å². The zero-order chi connectivity index (χ0) is 25.0. The Kier molecular flexibility index (Phi) is 11.8. The topological polar surface area (TPSA) is 52.6 Å². The number of hydrogen-bond donors (Lipinski definition) is 0. The summed E-state index contributed by atoms with van der Waals surface area (Å²) in [5.74, 6) is 7.04. The Morgan fingerprint density at radius 3 is 2.35 bits per heavy atom. The lowest BCUT2D eigenvalue weighted by molar-refractivity contribution is -0.157. The highest BCUT2D eigenvalue weighted by Gasteiger charge is 2.25. The molecule has 0 N–H and O–H groups in total. The predicted octanol–water partition coefficient (Wildman–Crippen LogP) is 6.76. The summed E-state index contributed by atoms with van der Waals surface area (Å²) in [6, 6.07) is 10.0. The van der Waals surface area contributed by atoms with Crippen LogP contribution in [0.4, 0.5) is 0 Å². The highest BCUT2D eigenvalue weighted by molar-refractivity contribution is 5.99. The number of esters is 1. The van der Waals surface area contributed by atoms with Crippen LogP contribution in [0, 0.1) is 35.5 Å². The van der Waals surface area contributed by atoms with Gasteiger partial charge in [-0.2, -0.15) is 0 Å². The van der Waals surface area contributed by atoms with Gasteiger partial charge in [-0.1, -0.05) is 50.1 Å². The number of Topliss-reactive ketones (excluding diaryl/α,β-unsaturated/α-hetero) is 1. The van der Waals surface area contributed by atoms with Gasteiger partial charge < -0.3 is 9.47 Å². The second-order valence-corrected chi connectivity index (χ2v) is 11.1. The van der Waals surface area contributed by atoms with E-state index in [2.05, 4.69) is 25.7 Å². The molecule has 188 valence electrons. The van der Waals surface area contributed by atoms with E-state index in [0.29, 0.717) is 32.0 Å². The van der Waals surface area contributed by atoms with Gasteiger partial charge in [-0.05, 0) is 89.0 Å². The van der Waals surface area contributed by atoms with Crippen molar-refractivity contribution in [1.29, 1.82) is 0 Å². The van der Waals surface area contributed by atoms with Crippen LogP contribution in [0.15, 0.2) is 30.3 Å². The van der Waals surface area contributed by atoms with Gasteiger partial charge in [0.1, 0.15) is 5.60 Å².